The van der Waals surface area contributed by atoms with Gasteiger partial charge in [-0.2, -0.15) is 5.10 Å². The van der Waals surface area contributed by atoms with Gasteiger partial charge < -0.3 is 10.6 Å². The number of benzene rings is 1. The number of amides is 1. The lowest BCUT2D eigenvalue weighted by atomic mass is 10.1. The van der Waals surface area contributed by atoms with Crippen LogP contribution in [0.3, 0.4) is 0 Å². The fourth-order valence-electron chi connectivity index (χ4n) is 3.42. The molecule has 0 atom stereocenters. The molecule has 2 heterocycles. The minimum Gasteiger partial charge on any atom is -0.399 e. The molecule has 2 N–H and O–H groups in total. The zero-order valence-electron chi connectivity index (χ0n) is 15.5. The van der Waals surface area contributed by atoms with Gasteiger partial charge >= 0.3 is 0 Å². The van der Waals surface area contributed by atoms with Crippen molar-refractivity contribution >= 4 is 11.6 Å². The standard InChI is InChI=1S/C19H27N5O/c1-13-5-6-16(20)11-17(13)19(25)24-9-7-23(8-10-24)12-18-14(2)21-22(4)15(18)3/h5-6,11H,7-10,12,20H2,1-4H3. The summed E-state index contributed by atoms with van der Waals surface area (Å²) in [4.78, 5) is 17.1. The highest BCUT2D eigenvalue weighted by Crippen LogP contribution is 2.19. The number of hydrogen-bond donors (Lipinski definition) is 1. The van der Waals surface area contributed by atoms with Gasteiger partial charge in [-0.25, -0.2) is 0 Å². The Morgan fingerprint density at radius 2 is 1.84 bits per heavy atom. The van der Waals surface area contributed by atoms with Gasteiger partial charge in [0, 0.05) is 62.3 Å². The van der Waals surface area contributed by atoms with Crippen molar-refractivity contribution in [3.63, 3.8) is 0 Å². The number of hydrogen-bond acceptors (Lipinski definition) is 4. The summed E-state index contributed by atoms with van der Waals surface area (Å²) in [5, 5.41) is 4.49. The molecule has 1 amide bonds. The number of nitrogens with zero attached hydrogens (tertiary/aromatic N) is 4. The van der Waals surface area contributed by atoms with Crippen LogP contribution in [0.15, 0.2) is 18.2 Å². The summed E-state index contributed by atoms with van der Waals surface area (Å²) in [6.45, 7) is 10.3. The van der Waals surface area contributed by atoms with Crippen molar-refractivity contribution in [1.82, 2.24) is 19.6 Å². The first kappa shape index (κ1) is 17.5. The van der Waals surface area contributed by atoms with Crippen LogP contribution in [-0.4, -0.2) is 51.7 Å². The van der Waals surface area contributed by atoms with Gasteiger partial charge in [-0.3, -0.25) is 14.4 Å². The van der Waals surface area contributed by atoms with Gasteiger partial charge in [0.1, 0.15) is 0 Å². The first-order valence-electron chi connectivity index (χ1n) is 8.73. The van der Waals surface area contributed by atoms with Crippen molar-refractivity contribution in [1.29, 1.82) is 0 Å². The zero-order valence-corrected chi connectivity index (χ0v) is 15.5. The number of carbonyl (C=O) groups excluding carboxylic acids is 1. The Morgan fingerprint density at radius 1 is 1.16 bits per heavy atom. The molecule has 6 nitrogen and oxygen atoms in total. The summed E-state index contributed by atoms with van der Waals surface area (Å²) >= 11 is 0. The number of aryl methyl sites for hydroxylation is 3. The molecular weight excluding hydrogens is 314 g/mol. The third-order valence-corrected chi connectivity index (χ3v) is 5.19. The molecule has 0 bridgehead atoms. The Labute approximate surface area is 149 Å². The van der Waals surface area contributed by atoms with Crippen LogP contribution in [-0.2, 0) is 13.6 Å². The molecule has 6 heteroatoms. The number of nitrogen functional groups attached to an aromatic ring is 1. The van der Waals surface area contributed by atoms with E-state index in [4.69, 9.17) is 5.73 Å². The SMILES string of the molecule is Cc1ccc(N)cc1C(=O)N1CCN(Cc2c(C)nn(C)c2C)CC1. The number of piperazine rings is 1. The quantitative estimate of drug-likeness (QED) is 0.866. The maximum Gasteiger partial charge on any atom is 0.254 e. The van der Waals surface area contributed by atoms with Crippen molar-refractivity contribution in [3.05, 3.63) is 46.3 Å². The Kier molecular flexibility index (Phi) is 4.81. The van der Waals surface area contributed by atoms with Crippen LogP contribution < -0.4 is 5.73 Å². The largest absolute Gasteiger partial charge is 0.399 e. The summed E-state index contributed by atoms with van der Waals surface area (Å²) in [5.74, 6) is 0.0817. The number of nitrogens with two attached hydrogens (primary N) is 1. The van der Waals surface area contributed by atoms with Gasteiger partial charge in [-0.15, -0.1) is 0 Å². The minimum absolute atomic E-state index is 0.0817. The van der Waals surface area contributed by atoms with Crippen LogP contribution in [0.25, 0.3) is 0 Å². The molecule has 1 aromatic carbocycles. The monoisotopic (exact) mass is 341 g/mol. The second-order valence-corrected chi connectivity index (χ2v) is 6.92. The van der Waals surface area contributed by atoms with E-state index in [1.165, 1.54) is 11.3 Å². The predicted molar refractivity (Wildman–Crippen MR) is 99.5 cm³/mol. The fourth-order valence-corrected chi connectivity index (χ4v) is 3.42. The van der Waals surface area contributed by atoms with Crippen molar-refractivity contribution < 1.29 is 4.79 Å². The third kappa shape index (κ3) is 3.54. The van der Waals surface area contributed by atoms with Crippen LogP contribution >= 0.6 is 0 Å². The molecule has 134 valence electrons. The molecule has 1 saturated heterocycles. The van der Waals surface area contributed by atoms with E-state index in [1.807, 2.05) is 35.7 Å². The molecule has 1 aromatic heterocycles. The average Bonchev–Trinajstić information content (AvgIpc) is 2.83. The van der Waals surface area contributed by atoms with Gasteiger partial charge in [0.25, 0.3) is 5.91 Å². The third-order valence-electron chi connectivity index (χ3n) is 5.19. The van der Waals surface area contributed by atoms with E-state index in [1.54, 1.807) is 6.07 Å². The van der Waals surface area contributed by atoms with E-state index < -0.39 is 0 Å². The Hall–Kier alpha value is -2.34. The summed E-state index contributed by atoms with van der Waals surface area (Å²) in [6, 6.07) is 5.53. The number of anilines is 1. The lowest BCUT2D eigenvalue weighted by molar-refractivity contribution is 0.0627. The maximum atomic E-state index is 12.8. The molecule has 25 heavy (non-hydrogen) atoms. The Balaban J connectivity index is 1.63. The van der Waals surface area contributed by atoms with Crippen LogP contribution in [0.5, 0.6) is 0 Å². The molecule has 3 rings (SSSR count). The molecule has 0 radical (unpaired) electrons. The normalized spacial score (nSPS) is 15.6. The first-order chi connectivity index (χ1) is 11.9. The predicted octanol–water partition coefficient (Wildman–Crippen LogP) is 1.89. The summed E-state index contributed by atoms with van der Waals surface area (Å²) in [7, 11) is 1.98. The van der Waals surface area contributed by atoms with Crippen molar-refractivity contribution in [2.75, 3.05) is 31.9 Å². The second-order valence-electron chi connectivity index (χ2n) is 6.92. The molecule has 0 unspecified atom stereocenters. The highest BCUT2D eigenvalue weighted by atomic mass is 16.2. The first-order valence-corrected chi connectivity index (χ1v) is 8.73. The second kappa shape index (κ2) is 6.88. The van der Waals surface area contributed by atoms with E-state index in [0.29, 0.717) is 11.3 Å². The minimum atomic E-state index is 0.0817. The lowest BCUT2D eigenvalue weighted by Gasteiger charge is -2.35. The van der Waals surface area contributed by atoms with Crippen molar-refractivity contribution in [3.8, 4) is 0 Å². The molecule has 2 aromatic rings. The Morgan fingerprint density at radius 3 is 2.44 bits per heavy atom. The van der Waals surface area contributed by atoms with Crippen LogP contribution in [0.1, 0.15) is 32.9 Å². The van der Waals surface area contributed by atoms with E-state index in [9.17, 15) is 4.79 Å². The molecule has 1 fully saturated rings. The van der Waals surface area contributed by atoms with Crippen LogP contribution in [0.4, 0.5) is 5.69 Å². The number of aromatic nitrogens is 2. The fraction of sp³-hybridized carbons (Fsp3) is 0.474. The number of carbonyl (C=O) groups is 1. The van der Waals surface area contributed by atoms with E-state index in [0.717, 1.165) is 44.0 Å². The van der Waals surface area contributed by atoms with Gasteiger partial charge in [0.2, 0.25) is 0 Å². The topological polar surface area (TPSA) is 67.4 Å². The number of rotatable bonds is 3. The summed E-state index contributed by atoms with van der Waals surface area (Å²) in [5.41, 5.74) is 11.8. The van der Waals surface area contributed by atoms with Crippen LogP contribution in [0, 0.1) is 20.8 Å². The smallest absolute Gasteiger partial charge is 0.254 e. The van der Waals surface area contributed by atoms with Crippen LogP contribution in [0.2, 0.25) is 0 Å². The summed E-state index contributed by atoms with van der Waals surface area (Å²) in [6.07, 6.45) is 0. The van der Waals surface area contributed by atoms with E-state index >= 15 is 0 Å². The van der Waals surface area contributed by atoms with Gasteiger partial charge in [-0.1, -0.05) is 6.07 Å². The van der Waals surface area contributed by atoms with Crippen molar-refractivity contribution in [2.45, 2.75) is 27.3 Å². The molecule has 1 aliphatic rings. The average molecular weight is 341 g/mol. The molecule has 1 aliphatic heterocycles. The van der Waals surface area contributed by atoms with Gasteiger partial charge in [-0.05, 0) is 38.5 Å². The maximum absolute atomic E-state index is 12.8. The molecule has 0 aliphatic carbocycles. The Bertz CT molecular complexity index is 787. The van der Waals surface area contributed by atoms with E-state index in [-0.39, 0.29) is 5.91 Å². The van der Waals surface area contributed by atoms with Gasteiger partial charge in [0.15, 0.2) is 0 Å². The van der Waals surface area contributed by atoms with Gasteiger partial charge in [0.05, 0.1) is 5.69 Å². The lowest BCUT2D eigenvalue weighted by Crippen LogP contribution is -2.48. The highest BCUT2D eigenvalue weighted by molar-refractivity contribution is 5.96. The zero-order chi connectivity index (χ0) is 18.1. The molecule has 0 saturated carbocycles. The molecular formula is C19H27N5O. The summed E-state index contributed by atoms with van der Waals surface area (Å²) < 4.78 is 1.94. The molecule has 0 spiro atoms. The highest BCUT2D eigenvalue weighted by Gasteiger charge is 2.24. The van der Waals surface area contributed by atoms with E-state index in [2.05, 4.69) is 23.8 Å². The van der Waals surface area contributed by atoms with Crippen molar-refractivity contribution in [2.24, 2.45) is 7.05 Å².